The lowest BCUT2D eigenvalue weighted by atomic mass is 10.1. The predicted octanol–water partition coefficient (Wildman–Crippen LogP) is 4.09. The minimum atomic E-state index is -1.08. The molecular weight excluding hydrogens is 319 g/mol. The topological polar surface area (TPSA) is 32.3 Å². The van der Waals surface area contributed by atoms with E-state index in [1.165, 1.54) is 6.07 Å². The first kappa shape index (κ1) is 16.2. The minimum absolute atomic E-state index is 0.0427. The Kier molecular flexibility index (Phi) is 5.53. The third kappa shape index (κ3) is 4.14. The maximum absolute atomic E-state index is 13.5. The van der Waals surface area contributed by atoms with E-state index in [1.807, 2.05) is 0 Å². The SMILES string of the molecule is OC(CNCc1cccc(Cl)c1Cl)c1ccc(F)cc1F. The van der Waals surface area contributed by atoms with Crippen LogP contribution in [0.15, 0.2) is 36.4 Å². The summed E-state index contributed by atoms with van der Waals surface area (Å²) in [5.41, 5.74) is 0.817. The average Bonchev–Trinajstić information content (AvgIpc) is 2.43. The standard InChI is InChI=1S/C15H13Cl2F2NO/c16-12-3-1-2-9(15(12)17)7-20-8-14(21)11-5-4-10(18)6-13(11)19/h1-6,14,20-21H,7-8H2. The molecule has 0 aliphatic heterocycles. The number of benzene rings is 2. The van der Waals surface area contributed by atoms with Gasteiger partial charge in [-0.3, -0.25) is 0 Å². The second kappa shape index (κ2) is 7.18. The normalized spacial score (nSPS) is 12.4. The van der Waals surface area contributed by atoms with Gasteiger partial charge in [0, 0.05) is 24.7 Å². The van der Waals surface area contributed by atoms with Crippen LogP contribution < -0.4 is 5.32 Å². The molecule has 2 nitrogen and oxygen atoms in total. The van der Waals surface area contributed by atoms with E-state index < -0.39 is 17.7 Å². The Hall–Kier alpha value is -1.20. The molecule has 0 amide bonds. The Balaban J connectivity index is 1.95. The molecule has 6 heteroatoms. The number of halogens is 4. The average molecular weight is 332 g/mol. The van der Waals surface area contributed by atoms with Crippen LogP contribution >= 0.6 is 23.2 Å². The molecule has 0 heterocycles. The number of rotatable bonds is 5. The minimum Gasteiger partial charge on any atom is -0.387 e. The van der Waals surface area contributed by atoms with Crippen molar-refractivity contribution in [3.63, 3.8) is 0 Å². The van der Waals surface area contributed by atoms with Crippen LogP contribution in [0.1, 0.15) is 17.2 Å². The van der Waals surface area contributed by atoms with Gasteiger partial charge in [0.05, 0.1) is 16.1 Å². The van der Waals surface area contributed by atoms with E-state index in [0.29, 0.717) is 16.6 Å². The van der Waals surface area contributed by atoms with Crippen LogP contribution in [-0.2, 0) is 6.54 Å². The van der Waals surface area contributed by atoms with Gasteiger partial charge in [-0.1, -0.05) is 41.4 Å². The van der Waals surface area contributed by atoms with Gasteiger partial charge in [-0.25, -0.2) is 8.78 Å². The summed E-state index contributed by atoms with van der Waals surface area (Å²) in [7, 11) is 0. The molecule has 0 spiro atoms. The maximum atomic E-state index is 13.5. The van der Waals surface area contributed by atoms with Crippen molar-refractivity contribution in [2.45, 2.75) is 12.6 Å². The Bertz CT molecular complexity index is 637. The molecule has 2 N–H and O–H groups in total. The zero-order valence-electron chi connectivity index (χ0n) is 10.9. The van der Waals surface area contributed by atoms with Crippen LogP contribution in [0.4, 0.5) is 8.78 Å². The highest BCUT2D eigenvalue weighted by Gasteiger charge is 2.13. The quantitative estimate of drug-likeness (QED) is 0.864. The van der Waals surface area contributed by atoms with Gasteiger partial charge in [-0.15, -0.1) is 0 Å². The second-order valence-electron chi connectivity index (χ2n) is 4.53. The van der Waals surface area contributed by atoms with E-state index in [9.17, 15) is 13.9 Å². The van der Waals surface area contributed by atoms with Crippen molar-refractivity contribution < 1.29 is 13.9 Å². The number of hydrogen-bond acceptors (Lipinski definition) is 2. The Morgan fingerprint density at radius 3 is 2.62 bits per heavy atom. The summed E-state index contributed by atoms with van der Waals surface area (Å²) in [6.45, 7) is 0.477. The number of hydrogen-bond donors (Lipinski definition) is 2. The van der Waals surface area contributed by atoms with Gasteiger partial charge in [0.25, 0.3) is 0 Å². The highest BCUT2D eigenvalue weighted by atomic mass is 35.5. The molecule has 2 aromatic rings. The van der Waals surface area contributed by atoms with Gasteiger partial charge < -0.3 is 10.4 Å². The second-order valence-corrected chi connectivity index (χ2v) is 5.31. The largest absolute Gasteiger partial charge is 0.387 e. The third-order valence-corrected chi connectivity index (χ3v) is 3.86. The number of aliphatic hydroxyl groups excluding tert-OH is 1. The van der Waals surface area contributed by atoms with Gasteiger partial charge in [0.15, 0.2) is 0 Å². The van der Waals surface area contributed by atoms with Crippen LogP contribution in [0, 0.1) is 11.6 Å². The van der Waals surface area contributed by atoms with Crippen LogP contribution in [0.25, 0.3) is 0 Å². The molecule has 0 radical (unpaired) electrons. The molecule has 112 valence electrons. The fraction of sp³-hybridized carbons (Fsp3) is 0.200. The first-order valence-corrected chi connectivity index (χ1v) is 7.01. The lowest BCUT2D eigenvalue weighted by Crippen LogP contribution is -2.22. The van der Waals surface area contributed by atoms with Crippen LogP contribution in [-0.4, -0.2) is 11.7 Å². The van der Waals surface area contributed by atoms with Crippen molar-refractivity contribution in [3.05, 3.63) is 69.2 Å². The van der Waals surface area contributed by atoms with Crippen molar-refractivity contribution in [1.29, 1.82) is 0 Å². The Labute approximate surface area is 131 Å². The molecule has 0 bridgehead atoms. The molecule has 0 fully saturated rings. The Morgan fingerprint density at radius 1 is 1.14 bits per heavy atom. The van der Waals surface area contributed by atoms with Crippen LogP contribution in [0.2, 0.25) is 10.0 Å². The van der Waals surface area contributed by atoms with Gasteiger partial charge in [0.1, 0.15) is 11.6 Å². The van der Waals surface area contributed by atoms with Gasteiger partial charge >= 0.3 is 0 Å². The van der Waals surface area contributed by atoms with Gasteiger partial charge in [-0.05, 0) is 17.7 Å². The molecule has 0 saturated heterocycles. The van der Waals surface area contributed by atoms with E-state index in [2.05, 4.69) is 5.32 Å². The van der Waals surface area contributed by atoms with E-state index in [-0.39, 0.29) is 12.1 Å². The highest BCUT2D eigenvalue weighted by Crippen LogP contribution is 2.25. The molecule has 2 rings (SSSR count). The predicted molar refractivity (Wildman–Crippen MR) is 79.5 cm³/mol. The van der Waals surface area contributed by atoms with Gasteiger partial charge in [-0.2, -0.15) is 0 Å². The Morgan fingerprint density at radius 2 is 1.90 bits per heavy atom. The molecule has 1 atom stereocenters. The van der Waals surface area contributed by atoms with Crippen LogP contribution in [0.3, 0.4) is 0 Å². The maximum Gasteiger partial charge on any atom is 0.131 e. The van der Waals surface area contributed by atoms with E-state index >= 15 is 0 Å². The highest BCUT2D eigenvalue weighted by molar-refractivity contribution is 6.42. The monoisotopic (exact) mass is 331 g/mol. The van der Waals surface area contributed by atoms with E-state index in [1.54, 1.807) is 18.2 Å². The molecule has 0 saturated carbocycles. The molecule has 21 heavy (non-hydrogen) atoms. The molecule has 2 aromatic carbocycles. The summed E-state index contributed by atoms with van der Waals surface area (Å²) < 4.78 is 26.3. The summed E-state index contributed by atoms with van der Waals surface area (Å²) in [6.07, 6.45) is -1.08. The first-order valence-electron chi connectivity index (χ1n) is 6.25. The van der Waals surface area contributed by atoms with Gasteiger partial charge in [0.2, 0.25) is 0 Å². The molecular formula is C15H13Cl2F2NO. The summed E-state index contributed by atoms with van der Waals surface area (Å²) >= 11 is 11.9. The summed E-state index contributed by atoms with van der Waals surface area (Å²) in [6, 6.07) is 8.31. The lowest BCUT2D eigenvalue weighted by molar-refractivity contribution is 0.169. The van der Waals surface area contributed by atoms with Crippen molar-refractivity contribution in [3.8, 4) is 0 Å². The van der Waals surface area contributed by atoms with Crippen LogP contribution in [0.5, 0.6) is 0 Å². The summed E-state index contributed by atoms with van der Waals surface area (Å²) in [4.78, 5) is 0. The molecule has 0 aromatic heterocycles. The summed E-state index contributed by atoms with van der Waals surface area (Å²) in [5, 5.41) is 13.8. The molecule has 0 aliphatic carbocycles. The van der Waals surface area contributed by atoms with Crippen molar-refractivity contribution in [2.24, 2.45) is 0 Å². The fourth-order valence-electron chi connectivity index (χ4n) is 1.91. The van der Waals surface area contributed by atoms with E-state index in [0.717, 1.165) is 17.7 Å². The number of nitrogens with one attached hydrogen (secondary N) is 1. The first-order chi connectivity index (χ1) is 9.99. The summed E-state index contributed by atoms with van der Waals surface area (Å²) in [5.74, 6) is -1.45. The van der Waals surface area contributed by atoms with E-state index in [4.69, 9.17) is 23.2 Å². The number of aliphatic hydroxyl groups is 1. The third-order valence-electron chi connectivity index (χ3n) is 3.01. The van der Waals surface area contributed by atoms with Crippen molar-refractivity contribution in [1.82, 2.24) is 5.32 Å². The molecule has 0 aliphatic rings. The van der Waals surface area contributed by atoms with Crippen molar-refractivity contribution in [2.75, 3.05) is 6.54 Å². The zero-order valence-corrected chi connectivity index (χ0v) is 12.4. The molecule has 1 unspecified atom stereocenters. The lowest BCUT2D eigenvalue weighted by Gasteiger charge is -2.14. The fourth-order valence-corrected chi connectivity index (χ4v) is 2.30. The zero-order chi connectivity index (χ0) is 15.4. The smallest absolute Gasteiger partial charge is 0.131 e. The van der Waals surface area contributed by atoms with Crippen molar-refractivity contribution >= 4 is 23.2 Å².